The van der Waals surface area contributed by atoms with E-state index >= 15 is 0 Å². The molecule has 2 N–H and O–H groups in total. The van der Waals surface area contributed by atoms with Gasteiger partial charge >= 0.3 is 0 Å². The van der Waals surface area contributed by atoms with Crippen LogP contribution in [0, 0.1) is 13.8 Å². The molecule has 0 aliphatic carbocycles. The molecular formula is C32H40N4. The summed E-state index contributed by atoms with van der Waals surface area (Å²) >= 11 is 0. The first kappa shape index (κ1) is 24.5. The van der Waals surface area contributed by atoms with Gasteiger partial charge in [-0.05, 0) is 123 Å². The molecule has 2 aromatic rings. The second-order valence-corrected chi connectivity index (χ2v) is 10.8. The molecule has 4 nitrogen and oxygen atoms in total. The van der Waals surface area contributed by atoms with Crippen LogP contribution >= 0.6 is 0 Å². The van der Waals surface area contributed by atoms with Crippen molar-refractivity contribution in [1.82, 2.24) is 9.97 Å². The van der Waals surface area contributed by atoms with Crippen LogP contribution < -0.4 is 21.4 Å². The summed E-state index contributed by atoms with van der Waals surface area (Å²) in [6.45, 7) is 17.9. The Kier molecular flexibility index (Phi) is 5.97. The van der Waals surface area contributed by atoms with Crippen molar-refractivity contribution >= 4 is 35.7 Å². The zero-order chi connectivity index (χ0) is 25.8. The Morgan fingerprint density at radius 2 is 0.972 bits per heavy atom. The Bertz CT molecular complexity index is 1490. The zero-order valence-corrected chi connectivity index (χ0v) is 23.2. The first-order chi connectivity index (χ1) is 17.1. The third kappa shape index (κ3) is 3.82. The standard InChI is InChI=1S/C32H40N4/c1-9-21-13-23-15-27-26(12-4)20(6)30(34-27)18-32(8)22(10-2)14-24(36-32)16-28-25(11-3)19(5)29(33-28)17-31(21,7)35-23/h13-18,33-34H,9-12H2,1-8H3/b27-15-,28-16-,29-17-,30-18-. The van der Waals surface area contributed by atoms with Crippen molar-refractivity contribution < 1.29 is 0 Å². The number of aliphatic imine (C=N–C) groups is 2. The van der Waals surface area contributed by atoms with Gasteiger partial charge in [-0.1, -0.05) is 27.7 Å². The minimum Gasteiger partial charge on any atom is -0.355 e. The second kappa shape index (κ2) is 8.76. The maximum atomic E-state index is 5.27. The number of aromatic nitrogens is 2. The van der Waals surface area contributed by atoms with E-state index in [9.17, 15) is 0 Å². The Morgan fingerprint density at radius 1 is 0.583 bits per heavy atom. The lowest BCUT2D eigenvalue weighted by Crippen LogP contribution is -2.25. The van der Waals surface area contributed by atoms with E-state index in [0.717, 1.165) is 58.5 Å². The summed E-state index contributed by atoms with van der Waals surface area (Å²) in [4.78, 5) is 18.0. The van der Waals surface area contributed by atoms with E-state index in [2.05, 4.69) is 102 Å². The highest BCUT2D eigenvalue weighted by atomic mass is 14.9. The van der Waals surface area contributed by atoms with E-state index in [0.29, 0.717) is 0 Å². The normalized spacial score (nSPS) is 28.4. The quantitative estimate of drug-likeness (QED) is 0.664. The van der Waals surface area contributed by atoms with Crippen LogP contribution in [0.1, 0.15) is 76.6 Å². The van der Waals surface area contributed by atoms with E-state index in [4.69, 9.17) is 9.98 Å². The van der Waals surface area contributed by atoms with Gasteiger partial charge in [-0.2, -0.15) is 0 Å². The Labute approximate surface area is 214 Å². The van der Waals surface area contributed by atoms with E-state index in [1.807, 2.05) is 0 Å². The van der Waals surface area contributed by atoms with Gasteiger partial charge in [0, 0.05) is 21.4 Å². The smallest absolute Gasteiger partial charge is 0.100 e. The summed E-state index contributed by atoms with van der Waals surface area (Å²) in [5.74, 6) is 0. The molecule has 0 fully saturated rings. The number of allylic oxidation sites excluding steroid dienone is 2. The number of H-pyrrole nitrogens is 2. The third-order valence-electron chi connectivity index (χ3n) is 8.47. The molecule has 3 aliphatic heterocycles. The van der Waals surface area contributed by atoms with Crippen LogP contribution in [0.5, 0.6) is 0 Å². The molecule has 2 unspecified atom stereocenters. The molecule has 2 aromatic heterocycles. The Balaban J connectivity index is 1.90. The average Bonchev–Trinajstić information content (AvgIpc) is 3.50. The maximum Gasteiger partial charge on any atom is 0.100 e. The second-order valence-electron chi connectivity index (χ2n) is 10.8. The number of nitrogens with zero attached hydrogens (tertiary/aromatic N) is 2. The molecule has 0 amide bonds. The molecule has 0 saturated heterocycles. The zero-order valence-electron chi connectivity index (χ0n) is 23.2. The molecule has 0 radical (unpaired) electrons. The van der Waals surface area contributed by atoms with Crippen molar-refractivity contribution in [3.8, 4) is 0 Å². The van der Waals surface area contributed by atoms with Crippen LogP contribution in [0.3, 0.4) is 0 Å². The molecule has 36 heavy (non-hydrogen) atoms. The van der Waals surface area contributed by atoms with Gasteiger partial charge in [0.05, 0.1) is 11.4 Å². The topological polar surface area (TPSA) is 56.3 Å². The fraction of sp³-hybridized carbons (Fsp3) is 0.438. The highest BCUT2D eigenvalue weighted by Gasteiger charge is 2.31. The fourth-order valence-electron chi connectivity index (χ4n) is 6.37. The van der Waals surface area contributed by atoms with Crippen molar-refractivity contribution in [2.75, 3.05) is 0 Å². The van der Waals surface area contributed by atoms with Crippen LogP contribution in [-0.2, 0) is 12.8 Å². The van der Waals surface area contributed by atoms with Gasteiger partial charge in [0.25, 0.3) is 0 Å². The Morgan fingerprint density at radius 3 is 1.31 bits per heavy atom. The molecule has 0 saturated carbocycles. The van der Waals surface area contributed by atoms with Gasteiger partial charge < -0.3 is 9.97 Å². The first-order valence-electron chi connectivity index (χ1n) is 13.6. The molecule has 188 valence electrons. The predicted octanol–water partition coefficient (Wildman–Crippen LogP) is 4.02. The molecule has 5 heterocycles. The molecule has 0 spiro atoms. The van der Waals surface area contributed by atoms with Crippen molar-refractivity contribution in [3.63, 3.8) is 0 Å². The number of hydrogen-bond acceptors (Lipinski definition) is 2. The molecular weight excluding hydrogens is 440 g/mol. The van der Waals surface area contributed by atoms with E-state index in [-0.39, 0.29) is 11.1 Å². The van der Waals surface area contributed by atoms with Crippen molar-refractivity contribution in [1.29, 1.82) is 0 Å². The minimum absolute atomic E-state index is 0.364. The summed E-state index contributed by atoms with van der Waals surface area (Å²) < 4.78 is 0. The van der Waals surface area contributed by atoms with Gasteiger partial charge in [0.15, 0.2) is 0 Å². The van der Waals surface area contributed by atoms with Crippen molar-refractivity contribution in [2.24, 2.45) is 9.98 Å². The number of rotatable bonds is 4. The number of aromatic amines is 2. The lowest BCUT2D eigenvalue weighted by Gasteiger charge is -2.20. The molecule has 5 rings (SSSR count). The number of nitrogens with one attached hydrogen (secondary N) is 2. The van der Waals surface area contributed by atoms with Crippen LogP contribution in [0.15, 0.2) is 33.3 Å². The van der Waals surface area contributed by atoms with E-state index in [1.165, 1.54) is 33.4 Å². The van der Waals surface area contributed by atoms with Gasteiger partial charge in [0.1, 0.15) is 11.1 Å². The van der Waals surface area contributed by atoms with E-state index < -0.39 is 0 Å². The van der Waals surface area contributed by atoms with Gasteiger partial charge in [-0.3, -0.25) is 9.98 Å². The van der Waals surface area contributed by atoms with Crippen molar-refractivity contribution in [3.05, 3.63) is 66.9 Å². The van der Waals surface area contributed by atoms with E-state index in [1.54, 1.807) is 0 Å². The van der Waals surface area contributed by atoms with Crippen LogP contribution in [0.2, 0.25) is 0 Å². The third-order valence-corrected chi connectivity index (χ3v) is 8.47. The predicted molar refractivity (Wildman–Crippen MR) is 155 cm³/mol. The number of hydrogen-bond donors (Lipinski definition) is 2. The first-order valence-corrected chi connectivity index (χ1v) is 13.6. The van der Waals surface area contributed by atoms with Crippen molar-refractivity contribution in [2.45, 2.75) is 92.2 Å². The SMILES string of the molecule is CCC1=CC2=NC1(C)/C=c1\[nH]/c(c(CC)c1C)=C\C1=NC(C)(/C=c3\[nH]/c(c(CC)c3C)=C\2)C(CC)=C1. The molecule has 0 aromatic carbocycles. The van der Waals surface area contributed by atoms with Gasteiger partial charge in [-0.15, -0.1) is 0 Å². The summed E-state index contributed by atoms with van der Waals surface area (Å²) in [7, 11) is 0. The number of fused-ring (bicyclic) bond motifs is 6. The molecule has 2 atom stereocenters. The Hall–Kier alpha value is -3.14. The monoisotopic (exact) mass is 480 g/mol. The van der Waals surface area contributed by atoms with Gasteiger partial charge in [-0.25, -0.2) is 0 Å². The highest BCUT2D eigenvalue weighted by Crippen LogP contribution is 2.33. The van der Waals surface area contributed by atoms with Gasteiger partial charge in [0.2, 0.25) is 0 Å². The average molecular weight is 481 g/mol. The fourth-order valence-corrected chi connectivity index (χ4v) is 6.37. The molecule has 3 aliphatic rings. The maximum absolute atomic E-state index is 5.27. The van der Waals surface area contributed by atoms with Crippen LogP contribution in [0.25, 0.3) is 24.3 Å². The lowest BCUT2D eigenvalue weighted by molar-refractivity contribution is 0.712. The largest absolute Gasteiger partial charge is 0.355 e. The molecule has 4 heteroatoms. The lowest BCUT2D eigenvalue weighted by atomic mass is 9.91. The minimum atomic E-state index is -0.364. The highest BCUT2D eigenvalue weighted by molar-refractivity contribution is 6.20. The summed E-state index contributed by atoms with van der Waals surface area (Å²) in [5.41, 5.74) is 9.36. The van der Waals surface area contributed by atoms with Crippen LogP contribution in [0.4, 0.5) is 0 Å². The summed E-state index contributed by atoms with van der Waals surface area (Å²) in [5, 5.41) is 4.65. The summed E-state index contributed by atoms with van der Waals surface area (Å²) in [6.07, 6.45) is 17.6. The summed E-state index contributed by atoms with van der Waals surface area (Å²) in [6, 6.07) is 0. The molecule has 8 bridgehead atoms. The van der Waals surface area contributed by atoms with Crippen LogP contribution in [-0.4, -0.2) is 32.5 Å².